The highest BCUT2D eigenvalue weighted by Crippen LogP contribution is 2.49. The summed E-state index contributed by atoms with van der Waals surface area (Å²) in [5, 5.41) is 0. The van der Waals surface area contributed by atoms with Crippen molar-refractivity contribution in [1.29, 1.82) is 0 Å². The minimum atomic E-state index is -0.514. The zero-order valence-corrected chi connectivity index (χ0v) is 19.2. The molecule has 2 saturated carbocycles. The lowest BCUT2D eigenvalue weighted by atomic mass is 9.94. The molecule has 178 valence electrons. The van der Waals surface area contributed by atoms with Gasteiger partial charge in [-0.25, -0.2) is 0 Å². The van der Waals surface area contributed by atoms with Crippen LogP contribution in [0.3, 0.4) is 0 Å². The summed E-state index contributed by atoms with van der Waals surface area (Å²) in [6.45, 7) is 5.31. The van der Waals surface area contributed by atoms with Gasteiger partial charge in [-0.05, 0) is 39.0 Å². The largest absolute Gasteiger partial charge is 0.353 e. The fourth-order valence-electron chi connectivity index (χ4n) is 5.88. The molecular weight excluding hydrogens is 400 g/mol. The average molecular weight is 441 g/mol. The van der Waals surface area contributed by atoms with Crippen LogP contribution in [0.2, 0.25) is 0 Å². The molecular formula is C24H40O7. The highest BCUT2D eigenvalue weighted by atomic mass is 16.8. The Hall–Kier alpha value is -0.280. The number of unbranched alkanes of at least 4 members (excludes halogenated alkanes) is 1. The van der Waals surface area contributed by atoms with E-state index in [1.165, 1.54) is 12.8 Å². The lowest BCUT2D eigenvalue weighted by Gasteiger charge is -2.35. The van der Waals surface area contributed by atoms with Crippen molar-refractivity contribution in [2.75, 3.05) is 13.2 Å². The van der Waals surface area contributed by atoms with Crippen molar-refractivity contribution in [3.8, 4) is 0 Å². The second-order valence-electron chi connectivity index (χ2n) is 9.97. The van der Waals surface area contributed by atoms with Crippen LogP contribution in [0.1, 0.15) is 90.9 Å². The zero-order valence-electron chi connectivity index (χ0n) is 19.2. The number of hydrogen-bond acceptors (Lipinski definition) is 7. The van der Waals surface area contributed by atoms with Crippen LogP contribution in [-0.4, -0.2) is 61.8 Å². The van der Waals surface area contributed by atoms with Crippen LogP contribution in [0.4, 0.5) is 0 Å². The minimum absolute atomic E-state index is 0.155. The van der Waals surface area contributed by atoms with Crippen LogP contribution >= 0.6 is 0 Å². The number of hydrogen-bond donors (Lipinski definition) is 0. The van der Waals surface area contributed by atoms with Gasteiger partial charge in [0, 0.05) is 32.3 Å². The summed E-state index contributed by atoms with van der Waals surface area (Å²) < 4.78 is 44.3. The molecule has 0 aromatic rings. The van der Waals surface area contributed by atoms with Gasteiger partial charge in [-0.15, -0.1) is 0 Å². The molecule has 31 heavy (non-hydrogen) atoms. The lowest BCUT2D eigenvalue weighted by Crippen LogP contribution is -2.43. The van der Waals surface area contributed by atoms with Crippen LogP contribution in [-0.2, 0) is 33.2 Å². The van der Waals surface area contributed by atoms with Gasteiger partial charge in [0.1, 0.15) is 24.4 Å². The van der Waals surface area contributed by atoms with Gasteiger partial charge >= 0.3 is 0 Å². The molecule has 3 aliphatic heterocycles. The molecule has 3 heterocycles. The van der Waals surface area contributed by atoms with Crippen molar-refractivity contribution in [1.82, 2.24) is 0 Å². The predicted molar refractivity (Wildman–Crippen MR) is 112 cm³/mol. The predicted octanol–water partition coefficient (Wildman–Crippen LogP) is 4.41. The molecule has 3 saturated heterocycles. The Morgan fingerprint density at radius 1 is 0.839 bits per heavy atom. The maximum atomic E-state index is 6.62. The van der Waals surface area contributed by atoms with E-state index < -0.39 is 17.9 Å². The van der Waals surface area contributed by atoms with Gasteiger partial charge < -0.3 is 33.2 Å². The first-order valence-corrected chi connectivity index (χ1v) is 12.7. The minimum Gasteiger partial charge on any atom is -0.353 e. The van der Waals surface area contributed by atoms with E-state index in [9.17, 15) is 0 Å². The van der Waals surface area contributed by atoms with Gasteiger partial charge in [-0.3, -0.25) is 0 Å². The first-order chi connectivity index (χ1) is 15.1. The maximum Gasteiger partial charge on any atom is 0.190 e. The Bertz CT molecular complexity index is 586. The van der Waals surface area contributed by atoms with Gasteiger partial charge in [-0.2, -0.15) is 0 Å². The maximum absolute atomic E-state index is 6.62. The third kappa shape index (κ3) is 4.70. The highest BCUT2D eigenvalue weighted by Gasteiger charge is 2.62. The molecule has 0 aromatic heterocycles. The Balaban J connectivity index is 1.28. The summed E-state index contributed by atoms with van der Waals surface area (Å²) in [5.41, 5.74) is 0. The number of fused-ring (bicyclic) bond motifs is 1. The average Bonchev–Trinajstić information content (AvgIpc) is 3.43. The van der Waals surface area contributed by atoms with Gasteiger partial charge in [0.2, 0.25) is 0 Å². The van der Waals surface area contributed by atoms with Crippen molar-refractivity contribution < 1.29 is 33.2 Å². The molecule has 7 heteroatoms. The fourth-order valence-corrected chi connectivity index (χ4v) is 5.88. The van der Waals surface area contributed by atoms with Crippen LogP contribution < -0.4 is 0 Å². The Morgan fingerprint density at radius 2 is 1.52 bits per heavy atom. The molecule has 2 aliphatic carbocycles. The van der Waals surface area contributed by atoms with E-state index in [0.29, 0.717) is 13.2 Å². The number of rotatable bonds is 7. The van der Waals surface area contributed by atoms with E-state index in [2.05, 4.69) is 6.92 Å². The van der Waals surface area contributed by atoms with Gasteiger partial charge in [-0.1, -0.05) is 26.2 Å². The van der Waals surface area contributed by atoms with Crippen molar-refractivity contribution in [3.63, 3.8) is 0 Å². The normalized spacial score (nSPS) is 39.9. The molecule has 0 amide bonds. The monoisotopic (exact) mass is 440 g/mol. The number of ether oxygens (including phenoxy) is 7. The summed E-state index contributed by atoms with van der Waals surface area (Å²) in [5.74, 6) is -0.926. The molecule has 3 unspecified atom stereocenters. The third-order valence-corrected chi connectivity index (χ3v) is 7.56. The van der Waals surface area contributed by atoms with Crippen molar-refractivity contribution in [3.05, 3.63) is 0 Å². The molecule has 0 radical (unpaired) electrons. The molecule has 2 spiro atoms. The molecule has 0 aromatic carbocycles. The summed E-state index contributed by atoms with van der Waals surface area (Å²) in [7, 11) is 0. The van der Waals surface area contributed by atoms with E-state index >= 15 is 0 Å². The summed E-state index contributed by atoms with van der Waals surface area (Å²) in [6, 6.07) is 0. The second-order valence-corrected chi connectivity index (χ2v) is 9.97. The van der Waals surface area contributed by atoms with E-state index in [1.807, 2.05) is 6.92 Å². The molecule has 7 nitrogen and oxygen atoms in total. The van der Waals surface area contributed by atoms with E-state index in [-0.39, 0.29) is 30.7 Å². The van der Waals surface area contributed by atoms with E-state index in [1.54, 1.807) is 0 Å². The SMILES string of the molecule is CCCCOC(C)OC1O[C@H](C2COC3(CCCCC3)O2)[C@@H]2OC3(CCCCC3)O[C@H]12. The Labute approximate surface area is 186 Å². The Morgan fingerprint density at radius 3 is 2.23 bits per heavy atom. The van der Waals surface area contributed by atoms with Crippen LogP contribution in [0.5, 0.6) is 0 Å². The zero-order chi connectivity index (χ0) is 21.3. The summed E-state index contributed by atoms with van der Waals surface area (Å²) in [4.78, 5) is 0. The molecule has 5 aliphatic rings. The smallest absolute Gasteiger partial charge is 0.190 e. The standard InChI is InChI=1S/C24H40O7/c1-3-4-15-25-17(2)27-22-21-20(30-24(31-21)13-9-6-10-14-24)19(28-22)18-16-26-23(29-18)11-7-5-8-12-23/h17-22H,3-16H2,1-2H3/t17?,18?,19-,20+,21+,22?/m1/s1. The first kappa shape index (κ1) is 22.5. The van der Waals surface area contributed by atoms with Crippen molar-refractivity contribution in [2.24, 2.45) is 0 Å². The van der Waals surface area contributed by atoms with Crippen molar-refractivity contribution >= 4 is 0 Å². The lowest BCUT2D eigenvalue weighted by molar-refractivity contribution is -0.296. The van der Waals surface area contributed by atoms with E-state index in [4.69, 9.17) is 33.2 Å². The molecule has 5 rings (SSSR count). The Kier molecular flexibility index (Phi) is 6.92. The summed E-state index contributed by atoms with van der Waals surface area (Å²) in [6.07, 6.45) is 11.3. The second kappa shape index (κ2) is 9.53. The van der Waals surface area contributed by atoms with Gasteiger partial charge in [0.15, 0.2) is 24.2 Å². The quantitative estimate of drug-likeness (QED) is 0.429. The molecule has 0 bridgehead atoms. The summed E-state index contributed by atoms with van der Waals surface area (Å²) >= 11 is 0. The van der Waals surface area contributed by atoms with Crippen LogP contribution in [0.15, 0.2) is 0 Å². The van der Waals surface area contributed by atoms with Gasteiger partial charge in [0.05, 0.1) is 6.61 Å². The molecule has 6 atom stereocenters. The highest BCUT2D eigenvalue weighted by molar-refractivity contribution is 5.02. The molecule has 0 N–H and O–H groups in total. The van der Waals surface area contributed by atoms with Crippen LogP contribution in [0, 0.1) is 0 Å². The molecule has 5 fully saturated rings. The van der Waals surface area contributed by atoms with Crippen LogP contribution in [0.25, 0.3) is 0 Å². The van der Waals surface area contributed by atoms with Gasteiger partial charge in [0.25, 0.3) is 0 Å². The van der Waals surface area contributed by atoms with Crippen molar-refractivity contribution in [2.45, 2.75) is 139 Å². The first-order valence-electron chi connectivity index (χ1n) is 12.7. The topological polar surface area (TPSA) is 64.6 Å². The fraction of sp³-hybridized carbons (Fsp3) is 1.00. The third-order valence-electron chi connectivity index (χ3n) is 7.56. The van der Waals surface area contributed by atoms with E-state index in [0.717, 1.165) is 64.2 Å².